The average Bonchev–Trinajstić information content (AvgIpc) is 3.61. The number of hydrogen-bond donors (Lipinski definition) is 0. The van der Waals surface area contributed by atoms with Gasteiger partial charge >= 0.3 is 0 Å². The maximum Gasteiger partial charge on any atom is 0.134 e. The van der Waals surface area contributed by atoms with Crippen molar-refractivity contribution in [1.82, 2.24) is 4.90 Å². The van der Waals surface area contributed by atoms with Crippen molar-refractivity contribution in [3.05, 3.63) is 83.3 Å². The summed E-state index contributed by atoms with van der Waals surface area (Å²) in [7, 11) is 0. The molecule has 0 aromatic heterocycles. The lowest BCUT2D eigenvalue weighted by Gasteiger charge is -2.22. The summed E-state index contributed by atoms with van der Waals surface area (Å²) in [4.78, 5) is 17.7. The molecule has 3 rings (SSSR count). The van der Waals surface area contributed by atoms with E-state index in [1.54, 1.807) is 19.1 Å². The van der Waals surface area contributed by atoms with Gasteiger partial charge < -0.3 is 4.90 Å². The molecule has 0 aliphatic heterocycles. The third-order valence-electron chi connectivity index (χ3n) is 5.05. The number of nitrogens with zero attached hydrogens (tertiary/aromatic N) is 2. The van der Waals surface area contributed by atoms with Crippen molar-refractivity contribution in [3.63, 3.8) is 0 Å². The number of allylic oxidation sites excluding steroid dienone is 2. The fourth-order valence-corrected chi connectivity index (χ4v) is 3.17. The molecule has 0 radical (unpaired) electrons. The molecule has 174 valence electrons. The molecule has 0 bridgehead atoms. The van der Waals surface area contributed by atoms with Crippen LogP contribution in [0.3, 0.4) is 0 Å². The highest BCUT2D eigenvalue weighted by atomic mass is 19.1. The third-order valence-corrected chi connectivity index (χ3v) is 5.05. The van der Waals surface area contributed by atoms with E-state index in [-0.39, 0.29) is 11.6 Å². The van der Waals surface area contributed by atoms with E-state index in [4.69, 9.17) is 0 Å². The van der Waals surface area contributed by atoms with E-state index in [9.17, 15) is 9.18 Å². The Hall–Kier alpha value is -2.75. The second kappa shape index (κ2) is 15.1. The van der Waals surface area contributed by atoms with Crippen molar-refractivity contribution >= 4 is 11.6 Å². The highest BCUT2D eigenvalue weighted by molar-refractivity contribution is 5.81. The topological polar surface area (TPSA) is 32.7 Å². The van der Waals surface area contributed by atoms with Gasteiger partial charge in [-0.15, -0.1) is 0 Å². The number of halogens is 1. The van der Waals surface area contributed by atoms with E-state index >= 15 is 0 Å². The summed E-state index contributed by atoms with van der Waals surface area (Å²) < 4.78 is 12.1. The minimum atomic E-state index is -0.171. The molecule has 0 N–H and O–H groups in total. The molecule has 3 nitrogen and oxygen atoms in total. The van der Waals surface area contributed by atoms with Crippen molar-refractivity contribution in [2.45, 2.75) is 73.3 Å². The summed E-state index contributed by atoms with van der Waals surface area (Å²) in [5.41, 5.74) is 3.38. The summed E-state index contributed by atoms with van der Waals surface area (Å²) in [5, 5.41) is 0. The van der Waals surface area contributed by atoms with Crippen LogP contribution in [0.2, 0.25) is 0 Å². The number of amidine groups is 1. The Kier molecular flexibility index (Phi) is 12.9. The Morgan fingerprint density at radius 3 is 2.06 bits per heavy atom. The number of aliphatic imine (C=N–C) groups is 1. The number of benzene rings is 2. The molecule has 4 heteroatoms. The minimum absolute atomic E-state index is 0.171. The zero-order valence-corrected chi connectivity index (χ0v) is 20.6. The Morgan fingerprint density at radius 1 is 1.06 bits per heavy atom. The van der Waals surface area contributed by atoms with Gasteiger partial charge in [-0.05, 0) is 71.6 Å². The van der Waals surface area contributed by atoms with Gasteiger partial charge in [-0.2, -0.15) is 0 Å². The Balaban J connectivity index is 0.000000251. The lowest BCUT2D eigenvalue weighted by molar-refractivity contribution is -0.116. The summed E-state index contributed by atoms with van der Waals surface area (Å²) in [6.45, 7) is 13.2. The zero-order chi connectivity index (χ0) is 23.9. The van der Waals surface area contributed by atoms with Gasteiger partial charge in [0.05, 0.1) is 0 Å². The predicted octanol–water partition coefficient (Wildman–Crippen LogP) is 7.16. The smallest absolute Gasteiger partial charge is 0.134 e. The van der Waals surface area contributed by atoms with Gasteiger partial charge in [0, 0.05) is 24.7 Å². The second-order valence-corrected chi connectivity index (χ2v) is 7.97. The lowest BCUT2D eigenvalue weighted by Crippen LogP contribution is -2.30. The van der Waals surface area contributed by atoms with Gasteiger partial charge in [-0.25, -0.2) is 9.38 Å². The SMILES string of the molecule is C/C=C(/CC)N=C(C)N(CC)C1CC1.CC(=O)Cc1ccccc1.Cc1ccc(F)cc1. The van der Waals surface area contributed by atoms with E-state index in [2.05, 4.69) is 43.7 Å². The molecule has 1 saturated carbocycles. The molecule has 2 aromatic carbocycles. The quantitative estimate of drug-likeness (QED) is 0.354. The van der Waals surface area contributed by atoms with Gasteiger partial charge in [-0.1, -0.05) is 61.0 Å². The first-order valence-electron chi connectivity index (χ1n) is 11.5. The van der Waals surface area contributed by atoms with E-state index in [1.165, 1.54) is 36.5 Å². The van der Waals surface area contributed by atoms with Gasteiger partial charge in [0.15, 0.2) is 0 Å². The number of rotatable bonds is 6. The minimum Gasteiger partial charge on any atom is -0.358 e. The first-order chi connectivity index (χ1) is 15.3. The number of carbonyl (C=O) groups excluding carboxylic acids is 1. The molecule has 1 fully saturated rings. The Labute approximate surface area is 194 Å². The van der Waals surface area contributed by atoms with Crippen LogP contribution in [-0.2, 0) is 11.2 Å². The first kappa shape index (κ1) is 27.3. The molecule has 1 aliphatic carbocycles. The number of ketones is 1. The number of carbonyl (C=O) groups is 1. The largest absolute Gasteiger partial charge is 0.358 e. The van der Waals surface area contributed by atoms with E-state index in [1.807, 2.05) is 37.3 Å². The van der Waals surface area contributed by atoms with Crippen molar-refractivity contribution in [1.29, 1.82) is 0 Å². The van der Waals surface area contributed by atoms with E-state index < -0.39 is 0 Å². The van der Waals surface area contributed by atoms with Gasteiger partial charge in [-0.3, -0.25) is 4.79 Å². The molecule has 0 unspecified atom stereocenters. The summed E-state index contributed by atoms with van der Waals surface area (Å²) in [6.07, 6.45) is 6.37. The van der Waals surface area contributed by atoms with Crippen molar-refractivity contribution in [2.75, 3.05) is 6.54 Å². The molecule has 0 heterocycles. The fraction of sp³-hybridized carbons (Fsp3) is 0.429. The normalized spacial score (nSPS) is 13.3. The van der Waals surface area contributed by atoms with E-state index in [0.29, 0.717) is 6.42 Å². The maximum absolute atomic E-state index is 12.1. The molecule has 2 aromatic rings. The van der Waals surface area contributed by atoms with Crippen LogP contribution in [0, 0.1) is 12.7 Å². The lowest BCUT2D eigenvalue weighted by atomic mass is 10.1. The molecule has 0 atom stereocenters. The zero-order valence-electron chi connectivity index (χ0n) is 20.6. The van der Waals surface area contributed by atoms with Gasteiger partial charge in [0.2, 0.25) is 0 Å². The van der Waals surface area contributed by atoms with Crippen LogP contribution in [0.15, 0.2) is 71.4 Å². The van der Waals surface area contributed by atoms with Crippen molar-refractivity contribution in [2.24, 2.45) is 4.99 Å². The number of hydrogen-bond acceptors (Lipinski definition) is 2. The summed E-state index contributed by atoms with van der Waals surface area (Å²) in [6, 6.07) is 16.9. The van der Waals surface area contributed by atoms with Crippen molar-refractivity contribution < 1.29 is 9.18 Å². The monoisotopic (exact) mass is 438 g/mol. The van der Waals surface area contributed by atoms with Crippen LogP contribution >= 0.6 is 0 Å². The van der Waals surface area contributed by atoms with Gasteiger partial charge in [0.1, 0.15) is 17.4 Å². The Morgan fingerprint density at radius 2 is 1.66 bits per heavy atom. The van der Waals surface area contributed by atoms with Crippen LogP contribution in [0.25, 0.3) is 0 Å². The Bertz CT molecular complexity index is 832. The standard InChI is InChI=1S/C12H22N2.C9H10O.C7H7F/c1-5-11(6-2)13-10(4)14(7-3)12-8-9-12;1-8(10)7-9-5-3-2-4-6-9;1-6-2-4-7(8)5-3-6/h5,12H,6-9H2,1-4H3;2-6H,7H2,1H3;2-5H,1H3/b11-5-,13-10?;;. The molecule has 0 spiro atoms. The van der Waals surface area contributed by atoms with Gasteiger partial charge in [0.25, 0.3) is 0 Å². The molecule has 0 amide bonds. The third kappa shape index (κ3) is 11.6. The van der Waals surface area contributed by atoms with Crippen LogP contribution in [-0.4, -0.2) is 29.1 Å². The van der Waals surface area contributed by atoms with E-state index in [0.717, 1.165) is 30.1 Å². The molecule has 32 heavy (non-hydrogen) atoms. The summed E-state index contributed by atoms with van der Waals surface area (Å²) >= 11 is 0. The first-order valence-corrected chi connectivity index (χ1v) is 11.5. The van der Waals surface area contributed by atoms with Crippen LogP contribution < -0.4 is 0 Å². The number of Topliss-reactive ketones (excluding diaryl/α,β-unsaturated/α-hetero) is 1. The molecule has 1 aliphatic rings. The average molecular weight is 439 g/mol. The fourth-order valence-electron chi connectivity index (χ4n) is 3.17. The second-order valence-electron chi connectivity index (χ2n) is 7.97. The molecular weight excluding hydrogens is 399 g/mol. The maximum atomic E-state index is 12.1. The number of aryl methyl sites for hydroxylation is 1. The highest BCUT2D eigenvalue weighted by Crippen LogP contribution is 2.27. The highest BCUT2D eigenvalue weighted by Gasteiger charge is 2.28. The molecule has 0 saturated heterocycles. The van der Waals surface area contributed by atoms with Crippen LogP contribution in [0.4, 0.5) is 4.39 Å². The van der Waals surface area contributed by atoms with Crippen LogP contribution in [0.5, 0.6) is 0 Å². The molecular formula is C28H39FN2O. The predicted molar refractivity (Wildman–Crippen MR) is 135 cm³/mol. The van der Waals surface area contributed by atoms with Crippen LogP contribution in [0.1, 0.15) is 65.0 Å². The van der Waals surface area contributed by atoms with Crippen molar-refractivity contribution in [3.8, 4) is 0 Å². The summed E-state index contributed by atoms with van der Waals surface area (Å²) in [5.74, 6) is 1.23.